The number of hydrogen-bond donors (Lipinski definition) is 0. The molecule has 0 rings (SSSR count). The fourth-order valence-corrected chi connectivity index (χ4v) is 1.32. The van der Waals surface area contributed by atoms with Crippen molar-refractivity contribution in [3.8, 4) is 0 Å². The molecular formula is C12H20Cl2O5. The fraction of sp³-hybridized carbons (Fsp3) is 0.833. The summed E-state index contributed by atoms with van der Waals surface area (Å²) in [4.78, 5) is 21.4. The van der Waals surface area contributed by atoms with Crippen LogP contribution in [0, 0.1) is 0 Å². The monoisotopic (exact) mass is 314 g/mol. The van der Waals surface area contributed by atoms with Gasteiger partial charge in [-0.1, -0.05) is 0 Å². The van der Waals surface area contributed by atoms with E-state index in [4.69, 9.17) is 37.4 Å². The van der Waals surface area contributed by atoms with Crippen LogP contribution in [-0.4, -0.2) is 50.1 Å². The highest BCUT2D eigenvalue weighted by Gasteiger charge is 1.99. The third kappa shape index (κ3) is 13.7. The van der Waals surface area contributed by atoms with Crippen molar-refractivity contribution in [1.82, 2.24) is 0 Å². The first-order chi connectivity index (χ1) is 9.20. The summed E-state index contributed by atoms with van der Waals surface area (Å²) in [6.45, 7) is 2.01. The third-order valence-corrected chi connectivity index (χ3v) is 2.55. The Morgan fingerprint density at radius 3 is 1.42 bits per heavy atom. The summed E-state index contributed by atoms with van der Waals surface area (Å²) in [6.07, 6.45) is 3.18. The number of rotatable bonds is 12. The van der Waals surface area contributed by atoms with Crippen molar-refractivity contribution in [3.63, 3.8) is 0 Å². The lowest BCUT2D eigenvalue weighted by atomic mass is 10.3. The highest BCUT2D eigenvalue weighted by atomic mass is 35.5. The Bertz CT molecular complexity index is 224. The minimum atomic E-state index is -0.394. The zero-order valence-corrected chi connectivity index (χ0v) is 12.4. The molecule has 0 atom stereocenters. The van der Waals surface area contributed by atoms with Crippen LogP contribution in [0.15, 0.2) is 0 Å². The summed E-state index contributed by atoms with van der Waals surface area (Å²) in [5.74, 6) is -1.00. The molecule has 0 aromatic carbocycles. The van der Waals surface area contributed by atoms with E-state index in [2.05, 4.69) is 0 Å². The van der Waals surface area contributed by atoms with Crippen LogP contribution in [0.2, 0.25) is 0 Å². The SMILES string of the molecule is O=C(CCl)OCCCCOCCCCOC(=O)CCl. The first kappa shape index (κ1) is 18.5. The molecule has 0 aliphatic rings. The second kappa shape index (κ2) is 13.9. The molecule has 0 bridgehead atoms. The van der Waals surface area contributed by atoms with Crippen LogP contribution in [0.25, 0.3) is 0 Å². The van der Waals surface area contributed by atoms with Gasteiger partial charge in [-0.2, -0.15) is 0 Å². The van der Waals surface area contributed by atoms with Gasteiger partial charge < -0.3 is 14.2 Å². The van der Waals surface area contributed by atoms with Crippen LogP contribution >= 0.6 is 23.2 Å². The second-order valence-corrected chi connectivity index (χ2v) is 4.27. The first-order valence-corrected chi connectivity index (χ1v) is 7.28. The molecule has 0 unspecified atom stereocenters. The molecule has 0 aliphatic heterocycles. The summed E-state index contributed by atoms with van der Waals surface area (Å²) in [5.41, 5.74) is 0. The second-order valence-electron chi connectivity index (χ2n) is 3.73. The average molecular weight is 315 g/mol. The zero-order chi connectivity index (χ0) is 14.3. The summed E-state index contributed by atoms with van der Waals surface area (Å²) >= 11 is 10.5. The van der Waals surface area contributed by atoms with Gasteiger partial charge in [0.05, 0.1) is 13.2 Å². The maximum atomic E-state index is 10.7. The van der Waals surface area contributed by atoms with E-state index < -0.39 is 11.9 Å². The maximum absolute atomic E-state index is 10.7. The van der Waals surface area contributed by atoms with E-state index in [0.29, 0.717) is 26.4 Å². The van der Waals surface area contributed by atoms with Gasteiger partial charge in [0.1, 0.15) is 11.8 Å². The van der Waals surface area contributed by atoms with Gasteiger partial charge in [0.2, 0.25) is 0 Å². The molecule has 0 radical (unpaired) electrons. The molecule has 0 aromatic heterocycles. The van der Waals surface area contributed by atoms with E-state index in [-0.39, 0.29) is 11.8 Å². The van der Waals surface area contributed by atoms with Gasteiger partial charge in [-0.25, -0.2) is 0 Å². The minimum absolute atomic E-state index is 0.106. The predicted octanol–water partition coefficient (Wildman–Crippen LogP) is 2.13. The highest BCUT2D eigenvalue weighted by molar-refractivity contribution is 6.26. The van der Waals surface area contributed by atoms with Crippen molar-refractivity contribution in [2.75, 3.05) is 38.2 Å². The van der Waals surface area contributed by atoms with E-state index in [0.717, 1.165) is 25.7 Å². The standard InChI is InChI=1S/C12H20Cl2O5/c13-9-11(15)18-7-3-1-5-17-6-2-4-8-19-12(16)10-14/h1-10H2. The smallest absolute Gasteiger partial charge is 0.320 e. The van der Waals surface area contributed by atoms with Crippen molar-refractivity contribution in [2.24, 2.45) is 0 Å². The molecule has 0 saturated heterocycles. The molecule has 112 valence electrons. The van der Waals surface area contributed by atoms with E-state index in [9.17, 15) is 9.59 Å². The largest absolute Gasteiger partial charge is 0.465 e. The molecular weight excluding hydrogens is 295 g/mol. The molecule has 0 spiro atoms. The van der Waals surface area contributed by atoms with Crippen molar-refractivity contribution in [3.05, 3.63) is 0 Å². The van der Waals surface area contributed by atoms with E-state index in [1.807, 2.05) is 0 Å². The normalized spacial score (nSPS) is 10.2. The number of alkyl halides is 2. The topological polar surface area (TPSA) is 61.8 Å². The van der Waals surface area contributed by atoms with Gasteiger partial charge in [-0.3, -0.25) is 9.59 Å². The van der Waals surface area contributed by atoms with Gasteiger partial charge in [-0.15, -0.1) is 23.2 Å². The molecule has 0 fully saturated rings. The lowest BCUT2D eigenvalue weighted by molar-refractivity contribution is -0.141. The van der Waals surface area contributed by atoms with E-state index in [1.54, 1.807) is 0 Å². The van der Waals surface area contributed by atoms with Gasteiger partial charge in [-0.05, 0) is 25.7 Å². The number of ether oxygens (including phenoxy) is 3. The lowest BCUT2D eigenvalue weighted by Gasteiger charge is -2.05. The van der Waals surface area contributed by atoms with Crippen LogP contribution in [-0.2, 0) is 23.8 Å². The van der Waals surface area contributed by atoms with Crippen molar-refractivity contribution < 1.29 is 23.8 Å². The van der Waals surface area contributed by atoms with Crippen LogP contribution in [0.1, 0.15) is 25.7 Å². The Kier molecular flexibility index (Phi) is 13.5. The number of halogens is 2. The number of esters is 2. The Labute approximate surface area is 123 Å². The summed E-state index contributed by atoms with van der Waals surface area (Å²) < 4.78 is 15.0. The maximum Gasteiger partial charge on any atom is 0.320 e. The van der Waals surface area contributed by atoms with E-state index in [1.165, 1.54) is 0 Å². The molecule has 0 aromatic rings. The Morgan fingerprint density at radius 1 is 0.684 bits per heavy atom. The molecule has 0 aliphatic carbocycles. The van der Waals surface area contributed by atoms with Crippen molar-refractivity contribution in [2.45, 2.75) is 25.7 Å². The fourth-order valence-electron chi connectivity index (χ4n) is 1.16. The van der Waals surface area contributed by atoms with Crippen molar-refractivity contribution in [1.29, 1.82) is 0 Å². The van der Waals surface area contributed by atoms with Gasteiger partial charge in [0.25, 0.3) is 0 Å². The minimum Gasteiger partial charge on any atom is -0.465 e. The quantitative estimate of drug-likeness (QED) is 0.314. The summed E-state index contributed by atoms with van der Waals surface area (Å²) in [7, 11) is 0. The number of unbranched alkanes of at least 4 members (excludes halogenated alkanes) is 2. The average Bonchev–Trinajstić information content (AvgIpc) is 2.43. The van der Waals surface area contributed by atoms with Crippen LogP contribution in [0.4, 0.5) is 0 Å². The van der Waals surface area contributed by atoms with Gasteiger partial charge in [0.15, 0.2) is 0 Å². The van der Waals surface area contributed by atoms with Gasteiger partial charge in [0, 0.05) is 13.2 Å². The summed E-state index contributed by atoms with van der Waals surface area (Å²) in [5, 5.41) is 0. The molecule has 19 heavy (non-hydrogen) atoms. The number of carbonyl (C=O) groups excluding carboxylic acids is 2. The molecule has 0 saturated carbocycles. The molecule has 7 heteroatoms. The molecule has 0 N–H and O–H groups in total. The number of carbonyl (C=O) groups is 2. The highest BCUT2D eigenvalue weighted by Crippen LogP contribution is 1.96. The Morgan fingerprint density at radius 2 is 1.05 bits per heavy atom. The predicted molar refractivity (Wildman–Crippen MR) is 72.6 cm³/mol. The lowest BCUT2D eigenvalue weighted by Crippen LogP contribution is -2.08. The number of hydrogen-bond acceptors (Lipinski definition) is 5. The third-order valence-electron chi connectivity index (χ3n) is 2.11. The van der Waals surface area contributed by atoms with Crippen LogP contribution in [0.5, 0.6) is 0 Å². The van der Waals surface area contributed by atoms with Crippen LogP contribution in [0.3, 0.4) is 0 Å². The molecule has 0 heterocycles. The van der Waals surface area contributed by atoms with Crippen molar-refractivity contribution >= 4 is 35.1 Å². The Balaban J connectivity index is 3.07. The zero-order valence-electron chi connectivity index (χ0n) is 10.9. The first-order valence-electron chi connectivity index (χ1n) is 6.21. The van der Waals surface area contributed by atoms with E-state index >= 15 is 0 Å². The molecule has 5 nitrogen and oxygen atoms in total. The van der Waals surface area contributed by atoms with Gasteiger partial charge >= 0.3 is 11.9 Å². The molecule has 0 amide bonds. The summed E-state index contributed by atoms with van der Waals surface area (Å²) in [6, 6.07) is 0. The van der Waals surface area contributed by atoms with Crippen LogP contribution < -0.4 is 0 Å². The Hall–Kier alpha value is -0.520.